The van der Waals surface area contributed by atoms with Gasteiger partial charge in [-0.3, -0.25) is 9.59 Å². The summed E-state index contributed by atoms with van der Waals surface area (Å²) in [5.41, 5.74) is 4.74. The summed E-state index contributed by atoms with van der Waals surface area (Å²) in [6, 6.07) is 18.6. The number of anilines is 1. The van der Waals surface area contributed by atoms with E-state index in [1.54, 1.807) is 47.4 Å². The second-order valence-corrected chi connectivity index (χ2v) is 10.9. The molecule has 0 bridgehead atoms. The van der Waals surface area contributed by atoms with Crippen molar-refractivity contribution >= 4 is 28.3 Å². The summed E-state index contributed by atoms with van der Waals surface area (Å²) in [5.74, 6) is -0.227. The van der Waals surface area contributed by atoms with Crippen molar-refractivity contribution in [2.75, 3.05) is 18.0 Å². The number of carbonyl (C=O) groups excluding carboxylic acids is 2. The molecule has 2 heterocycles. The molecule has 6 heteroatoms. The van der Waals surface area contributed by atoms with Gasteiger partial charge in [0.1, 0.15) is 0 Å². The summed E-state index contributed by atoms with van der Waals surface area (Å²) < 4.78 is 13.7. The average molecular weight is 487 g/mol. The lowest BCUT2D eigenvalue weighted by Crippen LogP contribution is -2.33. The molecule has 0 aromatic heterocycles. The van der Waals surface area contributed by atoms with Gasteiger partial charge in [-0.2, -0.15) is 0 Å². The number of carbonyl (C=O) groups is 2. The lowest BCUT2D eigenvalue weighted by Gasteiger charge is -2.26. The Labute approximate surface area is 209 Å². The van der Waals surface area contributed by atoms with Crippen molar-refractivity contribution in [2.24, 2.45) is 0 Å². The van der Waals surface area contributed by atoms with Crippen molar-refractivity contribution in [2.45, 2.75) is 55.9 Å². The van der Waals surface area contributed by atoms with Crippen LogP contribution < -0.4 is 4.90 Å². The largest absolute Gasteiger partial charge is 0.339 e. The van der Waals surface area contributed by atoms with Gasteiger partial charge in [-0.15, -0.1) is 0 Å². The average Bonchev–Trinajstić information content (AvgIpc) is 3.20. The first-order valence-electron chi connectivity index (χ1n) is 12.3. The van der Waals surface area contributed by atoms with Crippen molar-refractivity contribution in [3.63, 3.8) is 0 Å². The van der Waals surface area contributed by atoms with E-state index in [-0.39, 0.29) is 11.8 Å². The highest BCUT2D eigenvalue weighted by atomic mass is 32.2. The summed E-state index contributed by atoms with van der Waals surface area (Å²) in [6.07, 6.45) is 4.30. The van der Waals surface area contributed by atoms with Crippen LogP contribution in [0.5, 0.6) is 0 Å². The minimum atomic E-state index is -1.53. The van der Waals surface area contributed by atoms with Crippen molar-refractivity contribution in [3.8, 4) is 0 Å². The third-order valence-corrected chi connectivity index (χ3v) is 8.49. The number of benzene rings is 3. The molecule has 35 heavy (non-hydrogen) atoms. The fraction of sp³-hybridized carbons (Fsp3) is 0.310. The standard InChI is InChI=1S/C29H30N2O3S/c1-20-11-12-21(2)23(17-20)19-31-25-18-22(28(32)30-15-7-3-4-8-16-30)13-14-27(25)35(34)26-10-6-5-9-24(26)29(31)33/h5-6,9-14,17-18H,3-4,7-8,15-16,19H2,1-2H3/t35-/m1/s1. The quantitative estimate of drug-likeness (QED) is 0.481. The van der Waals surface area contributed by atoms with Crippen LogP contribution in [0.15, 0.2) is 70.5 Å². The Morgan fingerprint density at radius 3 is 2.40 bits per heavy atom. The van der Waals surface area contributed by atoms with Gasteiger partial charge in [-0.05, 0) is 68.1 Å². The molecule has 3 aromatic rings. The van der Waals surface area contributed by atoms with E-state index in [9.17, 15) is 13.8 Å². The third-order valence-electron chi connectivity index (χ3n) is 6.99. The first kappa shape index (κ1) is 23.5. The Morgan fingerprint density at radius 1 is 0.886 bits per heavy atom. The van der Waals surface area contributed by atoms with Gasteiger partial charge in [0, 0.05) is 18.7 Å². The van der Waals surface area contributed by atoms with Crippen LogP contribution >= 0.6 is 0 Å². The number of likely N-dealkylation sites (tertiary alicyclic amines) is 1. The summed E-state index contributed by atoms with van der Waals surface area (Å²) in [7, 11) is -1.53. The topological polar surface area (TPSA) is 57.7 Å². The highest BCUT2D eigenvalue weighted by Crippen LogP contribution is 2.36. The van der Waals surface area contributed by atoms with Gasteiger partial charge in [0.25, 0.3) is 11.8 Å². The van der Waals surface area contributed by atoms with E-state index in [1.807, 2.05) is 18.7 Å². The maximum absolute atomic E-state index is 13.9. The summed E-state index contributed by atoms with van der Waals surface area (Å²) >= 11 is 0. The molecule has 0 aliphatic carbocycles. The van der Waals surface area contributed by atoms with E-state index in [0.717, 1.165) is 55.5 Å². The Hall–Kier alpha value is -3.25. The highest BCUT2D eigenvalue weighted by Gasteiger charge is 2.32. The number of fused-ring (bicyclic) bond motifs is 2. The Balaban J connectivity index is 1.63. The minimum absolute atomic E-state index is 0.0265. The van der Waals surface area contributed by atoms with Gasteiger partial charge in [0.2, 0.25) is 0 Å². The molecule has 0 saturated carbocycles. The molecule has 5 rings (SSSR count). The van der Waals surface area contributed by atoms with E-state index < -0.39 is 10.8 Å². The van der Waals surface area contributed by atoms with Gasteiger partial charge in [-0.1, -0.05) is 48.7 Å². The maximum atomic E-state index is 13.9. The van der Waals surface area contributed by atoms with Crippen LogP contribution in [0.3, 0.4) is 0 Å². The Bertz CT molecular complexity index is 1330. The zero-order chi connectivity index (χ0) is 24.5. The second-order valence-electron chi connectivity index (χ2n) is 9.48. The van der Waals surface area contributed by atoms with Gasteiger partial charge in [-0.25, -0.2) is 4.21 Å². The molecule has 2 aliphatic heterocycles. The third kappa shape index (κ3) is 4.55. The van der Waals surface area contributed by atoms with Crippen LogP contribution in [0.4, 0.5) is 5.69 Å². The molecule has 0 radical (unpaired) electrons. The molecule has 0 spiro atoms. The predicted octanol–water partition coefficient (Wildman–Crippen LogP) is 5.65. The predicted molar refractivity (Wildman–Crippen MR) is 138 cm³/mol. The summed E-state index contributed by atoms with van der Waals surface area (Å²) in [6.45, 7) is 5.90. The number of rotatable bonds is 3. The number of amides is 2. The van der Waals surface area contributed by atoms with E-state index >= 15 is 0 Å². The molecule has 1 atom stereocenters. The van der Waals surface area contributed by atoms with E-state index in [1.165, 1.54) is 0 Å². The fourth-order valence-corrected chi connectivity index (χ4v) is 6.30. The Morgan fingerprint density at radius 2 is 1.63 bits per heavy atom. The molecular formula is C29H30N2O3S. The summed E-state index contributed by atoms with van der Waals surface area (Å²) in [4.78, 5) is 32.0. The van der Waals surface area contributed by atoms with Gasteiger partial charge in [0.05, 0.1) is 38.4 Å². The number of hydrogen-bond acceptors (Lipinski definition) is 3. The molecule has 5 nitrogen and oxygen atoms in total. The van der Waals surface area contributed by atoms with Crippen LogP contribution in [-0.4, -0.2) is 34.0 Å². The van der Waals surface area contributed by atoms with Crippen molar-refractivity contribution in [3.05, 3.63) is 88.5 Å². The van der Waals surface area contributed by atoms with Crippen LogP contribution in [0, 0.1) is 13.8 Å². The number of hydrogen-bond donors (Lipinski definition) is 0. The zero-order valence-corrected chi connectivity index (χ0v) is 21.1. The van der Waals surface area contributed by atoms with E-state index in [2.05, 4.69) is 18.2 Å². The summed E-state index contributed by atoms with van der Waals surface area (Å²) in [5, 5.41) is 0. The van der Waals surface area contributed by atoms with E-state index in [4.69, 9.17) is 0 Å². The molecule has 1 fully saturated rings. The molecule has 2 aliphatic rings. The first-order valence-corrected chi connectivity index (χ1v) is 13.4. The van der Waals surface area contributed by atoms with Gasteiger partial charge in [0.15, 0.2) is 0 Å². The van der Waals surface area contributed by atoms with Crippen molar-refractivity contribution in [1.82, 2.24) is 4.90 Å². The van der Waals surface area contributed by atoms with Crippen LogP contribution in [0.2, 0.25) is 0 Å². The lowest BCUT2D eigenvalue weighted by molar-refractivity contribution is 0.0761. The highest BCUT2D eigenvalue weighted by molar-refractivity contribution is 7.85. The van der Waals surface area contributed by atoms with Gasteiger partial charge >= 0.3 is 0 Å². The normalized spacial score (nSPS) is 17.9. The fourth-order valence-electron chi connectivity index (χ4n) is 4.95. The molecular weight excluding hydrogens is 456 g/mol. The van der Waals surface area contributed by atoms with Crippen molar-refractivity contribution < 1.29 is 13.8 Å². The van der Waals surface area contributed by atoms with Crippen LogP contribution in [0.1, 0.15) is 63.1 Å². The molecule has 2 amide bonds. The van der Waals surface area contributed by atoms with Crippen LogP contribution in [-0.2, 0) is 17.3 Å². The first-order chi connectivity index (χ1) is 16.9. The zero-order valence-electron chi connectivity index (χ0n) is 20.3. The second kappa shape index (κ2) is 9.78. The number of aryl methyl sites for hydroxylation is 2. The van der Waals surface area contributed by atoms with Crippen molar-refractivity contribution in [1.29, 1.82) is 0 Å². The minimum Gasteiger partial charge on any atom is -0.339 e. The van der Waals surface area contributed by atoms with Gasteiger partial charge < -0.3 is 9.80 Å². The molecule has 1 saturated heterocycles. The Kier molecular flexibility index (Phi) is 6.56. The molecule has 180 valence electrons. The smallest absolute Gasteiger partial charge is 0.259 e. The molecule has 0 unspecified atom stereocenters. The number of nitrogens with zero attached hydrogens (tertiary/aromatic N) is 2. The maximum Gasteiger partial charge on any atom is 0.259 e. The SMILES string of the molecule is Cc1ccc(C)c(CN2C(=O)c3ccccc3[S@@](=O)c3ccc(C(=O)N4CCCCCC4)cc32)c1. The molecule has 3 aromatic carbocycles. The lowest BCUT2D eigenvalue weighted by atomic mass is 10.0. The van der Waals surface area contributed by atoms with Crippen LogP contribution in [0.25, 0.3) is 0 Å². The molecule has 0 N–H and O–H groups in total. The monoisotopic (exact) mass is 486 g/mol. The van der Waals surface area contributed by atoms with E-state index in [0.29, 0.717) is 33.2 Å².